The van der Waals surface area contributed by atoms with Crippen molar-refractivity contribution >= 4 is 16.6 Å². The molecule has 0 amide bonds. The van der Waals surface area contributed by atoms with E-state index in [2.05, 4.69) is 74.7 Å². The lowest BCUT2D eigenvalue weighted by atomic mass is 10.2. The summed E-state index contributed by atoms with van der Waals surface area (Å²) in [5.41, 5.74) is 0. The van der Waals surface area contributed by atoms with Crippen LogP contribution in [0.15, 0.2) is 12.0 Å². The topological polar surface area (TPSA) is 21.7 Å². The van der Waals surface area contributed by atoms with Gasteiger partial charge in [0.25, 0.3) is 0 Å². The molecule has 3 nitrogen and oxygen atoms in total. The van der Waals surface area contributed by atoms with E-state index in [0.29, 0.717) is 6.42 Å². The van der Waals surface area contributed by atoms with E-state index < -0.39 is 22.6 Å². The molecule has 0 aromatic carbocycles. The Balaban J connectivity index is 5.45. The quantitative estimate of drug-likeness (QED) is 0.175. The fraction of sp³-hybridized carbons (Fsp3) is 0.895. The first-order chi connectivity index (χ1) is 11.0. The van der Waals surface area contributed by atoms with E-state index >= 15 is 0 Å². The van der Waals surface area contributed by atoms with Gasteiger partial charge in [-0.05, 0) is 55.2 Å². The highest BCUT2D eigenvalue weighted by molar-refractivity contribution is 6.74. The Bertz CT molecular complexity index is 410. The van der Waals surface area contributed by atoms with E-state index in [-0.39, 0.29) is 10.1 Å². The van der Waals surface area contributed by atoms with Gasteiger partial charge in [-0.1, -0.05) is 61.3 Å². The van der Waals surface area contributed by atoms with Crippen LogP contribution in [0, 0.1) is 0 Å². The predicted molar refractivity (Wildman–Crippen MR) is 112 cm³/mol. The van der Waals surface area contributed by atoms with Crippen LogP contribution in [-0.4, -0.2) is 21.9 Å². The lowest BCUT2D eigenvalue weighted by molar-refractivity contribution is -0.261. The van der Waals surface area contributed by atoms with Gasteiger partial charge in [0.1, 0.15) is 0 Å². The minimum absolute atomic E-state index is 0.0233. The predicted octanol–water partition coefficient (Wildman–Crippen LogP) is 7.55. The second-order valence-corrected chi connectivity index (χ2v) is 19.4. The molecule has 0 aromatic rings. The molecule has 0 saturated carbocycles. The molecule has 0 saturated heterocycles. The highest BCUT2D eigenvalue weighted by Crippen LogP contribution is 2.41. The van der Waals surface area contributed by atoms with Crippen molar-refractivity contribution in [3.63, 3.8) is 0 Å². The molecule has 0 aliphatic carbocycles. The lowest BCUT2D eigenvalue weighted by Gasteiger charge is -2.43. The molecule has 0 unspecified atom stereocenters. The molecule has 0 N–H and O–H groups in total. The van der Waals surface area contributed by atoms with Gasteiger partial charge in [-0.15, -0.1) is 5.23 Å². The Hall–Kier alpha value is -0.176. The zero-order valence-corrected chi connectivity index (χ0v) is 20.5. The van der Waals surface area contributed by atoms with E-state index in [9.17, 15) is 4.39 Å². The Kier molecular flexibility index (Phi) is 9.09. The van der Waals surface area contributed by atoms with Crippen LogP contribution in [0.1, 0.15) is 74.1 Å². The maximum absolute atomic E-state index is 14.9. The van der Waals surface area contributed by atoms with Crippen molar-refractivity contribution in [2.24, 2.45) is 0 Å². The van der Waals surface area contributed by atoms with Gasteiger partial charge in [0.15, 0.2) is 0 Å². The number of rotatable bonds is 9. The van der Waals surface area contributed by atoms with Gasteiger partial charge in [-0.3, -0.25) is 9.05 Å². The van der Waals surface area contributed by atoms with Crippen molar-refractivity contribution in [2.75, 3.05) is 0 Å². The first kappa shape index (κ1) is 24.8. The van der Waals surface area contributed by atoms with Gasteiger partial charge in [0.2, 0.25) is 22.6 Å². The second kappa shape index (κ2) is 9.15. The third kappa shape index (κ3) is 7.93. The van der Waals surface area contributed by atoms with Gasteiger partial charge in [-0.2, -0.15) is 4.39 Å². The molecular formula is C19H42FNO2Si2. The van der Waals surface area contributed by atoms with Crippen molar-refractivity contribution in [3.8, 4) is 0 Å². The Morgan fingerprint density at radius 3 is 1.60 bits per heavy atom. The standard InChI is InChI=1S/C19H42FNO2Si2/c1-12-13-14-15-16-17(20)21(22-24(8,9)18(2,3)4)23-25(10,11)19(5,6)7/h16H,12-15H2,1-11H3/b17-16+. The smallest absolute Gasteiger partial charge is 0.235 e. The monoisotopic (exact) mass is 391 g/mol. The van der Waals surface area contributed by atoms with E-state index in [1.807, 2.05) is 0 Å². The maximum Gasteiger partial charge on any atom is 0.235 e. The largest absolute Gasteiger partial charge is 0.295 e. The molecule has 0 rings (SSSR count). The van der Waals surface area contributed by atoms with Gasteiger partial charge in [0.05, 0.1) is 0 Å². The summed E-state index contributed by atoms with van der Waals surface area (Å²) in [5, 5.41) is 1.08. The number of nitrogens with zero attached hydrogens (tertiary/aromatic N) is 1. The molecule has 0 heterocycles. The number of hydrogen-bond donors (Lipinski definition) is 0. The number of hydroxylamine groups is 2. The fourth-order valence-electron chi connectivity index (χ4n) is 1.48. The number of halogens is 1. The molecule has 150 valence electrons. The van der Waals surface area contributed by atoms with Crippen LogP contribution in [0.25, 0.3) is 0 Å². The normalized spacial score (nSPS) is 14.8. The minimum atomic E-state index is -2.20. The lowest BCUT2D eigenvalue weighted by Crippen LogP contribution is -2.51. The highest BCUT2D eigenvalue weighted by Gasteiger charge is 2.45. The van der Waals surface area contributed by atoms with Crippen molar-refractivity contribution in [3.05, 3.63) is 12.0 Å². The summed E-state index contributed by atoms with van der Waals surface area (Å²) in [6.07, 6.45) is 5.53. The maximum atomic E-state index is 14.9. The molecule has 0 aliphatic heterocycles. The minimum Gasteiger partial charge on any atom is -0.295 e. The number of hydrogen-bond acceptors (Lipinski definition) is 3. The zero-order chi connectivity index (χ0) is 20.1. The van der Waals surface area contributed by atoms with E-state index in [1.165, 1.54) is 0 Å². The molecule has 0 aliphatic rings. The van der Waals surface area contributed by atoms with E-state index in [4.69, 9.17) is 9.05 Å². The summed E-state index contributed by atoms with van der Waals surface area (Å²) in [6, 6.07) is 0. The fourth-order valence-corrected chi connectivity index (χ4v) is 3.18. The highest BCUT2D eigenvalue weighted by atomic mass is 28.4. The SMILES string of the molecule is CCCCC/C=C(\F)N(O[Si](C)(C)C(C)(C)C)O[Si](C)(C)C(C)(C)C. The third-order valence-corrected chi connectivity index (χ3v) is 14.0. The summed E-state index contributed by atoms with van der Waals surface area (Å²) in [6.45, 7) is 23.5. The molecule has 0 atom stereocenters. The summed E-state index contributed by atoms with van der Waals surface area (Å²) in [5.74, 6) is -0.411. The summed E-state index contributed by atoms with van der Waals surface area (Å²) in [7, 11) is -4.40. The van der Waals surface area contributed by atoms with Crippen LogP contribution in [0.3, 0.4) is 0 Å². The van der Waals surface area contributed by atoms with Crippen molar-refractivity contribution in [1.82, 2.24) is 5.23 Å². The first-order valence-corrected chi connectivity index (χ1v) is 15.4. The van der Waals surface area contributed by atoms with Crippen molar-refractivity contribution in [1.29, 1.82) is 0 Å². The first-order valence-electron chi connectivity index (χ1n) is 9.59. The molecule has 0 aromatic heterocycles. The zero-order valence-electron chi connectivity index (χ0n) is 18.5. The third-order valence-electron chi connectivity index (χ3n) is 5.53. The van der Waals surface area contributed by atoms with Crippen LogP contribution >= 0.6 is 0 Å². The molecule has 25 heavy (non-hydrogen) atoms. The van der Waals surface area contributed by atoms with Crippen molar-refractivity contribution < 1.29 is 13.4 Å². The van der Waals surface area contributed by atoms with Crippen LogP contribution in [0.2, 0.25) is 36.3 Å². The van der Waals surface area contributed by atoms with Crippen molar-refractivity contribution in [2.45, 2.75) is 110 Å². The molecule has 0 radical (unpaired) electrons. The van der Waals surface area contributed by atoms with Gasteiger partial charge >= 0.3 is 0 Å². The molecule has 0 spiro atoms. The Morgan fingerprint density at radius 1 is 0.880 bits per heavy atom. The molecule has 0 fully saturated rings. The Morgan fingerprint density at radius 2 is 1.28 bits per heavy atom. The van der Waals surface area contributed by atoms with E-state index in [1.54, 1.807) is 6.08 Å². The molecule has 0 bridgehead atoms. The van der Waals surface area contributed by atoms with E-state index in [0.717, 1.165) is 24.5 Å². The van der Waals surface area contributed by atoms with Crippen LogP contribution in [-0.2, 0) is 9.05 Å². The second-order valence-electron chi connectivity index (χ2n) is 9.98. The van der Waals surface area contributed by atoms with Crippen LogP contribution < -0.4 is 0 Å². The van der Waals surface area contributed by atoms with Gasteiger partial charge in [0, 0.05) is 0 Å². The Labute approximate surface area is 158 Å². The number of unbranched alkanes of at least 4 members (excludes halogenated alkanes) is 3. The average Bonchev–Trinajstić information content (AvgIpc) is 2.39. The molecule has 6 heteroatoms. The number of allylic oxidation sites excluding steroid dienone is 1. The summed E-state index contributed by atoms with van der Waals surface area (Å²) >= 11 is 0. The van der Waals surface area contributed by atoms with Gasteiger partial charge < -0.3 is 0 Å². The summed E-state index contributed by atoms with van der Waals surface area (Å²) < 4.78 is 27.3. The van der Waals surface area contributed by atoms with Crippen LogP contribution in [0.5, 0.6) is 0 Å². The average molecular weight is 392 g/mol. The van der Waals surface area contributed by atoms with Crippen LogP contribution in [0.4, 0.5) is 4.39 Å². The molecular weight excluding hydrogens is 349 g/mol. The van der Waals surface area contributed by atoms with Gasteiger partial charge in [-0.25, -0.2) is 0 Å². The summed E-state index contributed by atoms with van der Waals surface area (Å²) in [4.78, 5) is 0.